The number of nitrogens with zero attached hydrogens (tertiary/aromatic N) is 3. The van der Waals surface area contributed by atoms with Crippen LogP contribution in [0.3, 0.4) is 0 Å². The summed E-state index contributed by atoms with van der Waals surface area (Å²) in [4.78, 5) is 13.4. The number of hydrogen-bond donors (Lipinski definition) is 1. The predicted octanol–water partition coefficient (Wildman–Crippen LogP) is 4.36. The van der Waals surface area contributed by atoms with Crippen LogP contribution in [0.1, 0.15) is 41.3 Å². The van der Waals surface area contributed by atoms with E-state index in [4.69, 9.17) is 5.73 Å². The summed E-state index contributed by atoms with van der Waals surface area (Å²) in [5.74, 6) is 0.776. The standard InChI is InChI=1S/C23H22N4/c1-15-21-20(27-22(24)26-15)12-17(13-23(21)9-5-10-23)19-8-3-2-7-18(19)16-6-4-11-25-14-16/h2-9,11,14,17H,10,12-13H2,1H3,(H2,24,26,27). The summed E-state index contributed by atoms with van der Waals surface area (Å²) in [5.41, 5.74) is 13.3. The Hall–Kier alpha value is -3.01. The van der Waals surface area contributed by atoms with Gasteiger partial charge in [-0.2, -0.15) is 0 Å². The van der Waals surface area contributed by atoms with E-state index in [1.807, 2.05) is 18.5 Å². The lowest BCUT2D eigenvalue weighted by Crippen LogP contribution is -2.38. The molecule has 2 unspecified atom stereocenters. The van der Waals surface area contributed by atoms with E-state index in [0.29, 0.717) is 11.9 Å². The van der Waals surface area contributed by atoms with Crippen molar-refractivity contribution in [3.8, 4) is 11.1 Å². The Labute approximate surface area is 159 Å². The minimum atomic E-state index is 0.0537. The van der Waals surface area contributed by atoms with Gasteiger partial charge in [-0.15, -0.1) is 0 Å². The minimum Gasteiger partial charge on any atom is -0.368 e. The van der Waals surface area contributed by atoms with Crippen molar-refractivity contribution in [3.05, 3.63) is 83.5 Å². The van der Waals surface area contributed by atoms with Crippen molar-refractivity contribution in [2.75, 3.05) is 5.73 Å². The van der Waals surface area contributed by atoms with Gasteiger partial charge in [0.05, 0.1) is 5.69 Å². The molecule has 2 aliphatic rings. The molecule has 27 heavy (non-hydrogen) atoms. The highest BCUT2D eigenvalue weighted by atomic mass is 15.0. The lowest BCUT2D eigenvalue weighted by molar-refractivity contribution is 0.370. The van der Waals surface area contributed by atoms with Crippen LogP contribution in [0.2, 0.25) is 0 Å². The molecule has 0 saturated heterocycles. The van der Waals surface area contributed by atoms with Crippen LogP contribution >= 0.6 is 0 Å². The molecule has 134 valence electrons. The predicted molar refractivity (Wildman–Crippen MR) is 107 cm³/mol. The topological polar surface area (TPSA) is 64.7 Å². The number of benzene rings is 1. The van der Waals surface area contributed by atoms with E-state index in [-0.39, 0.29) is 5.41 Å². The molecule has 5 rings (SSSR count). The average molecular weight is 354 g/mol. The average Bonchev–Trinajstić information content (AvgIpc) is 2.66. The quantitative estimate of drug-likeness (QED) is 0.695. The second kappa shape index (κ2) is 6.02. The molecular weight excluding hydrogens is 332 g/mol. The molecule has 0 saturated carbocycles. The number of allylic oxidation sites excluding steroid dienone is 2. The van der Waals surface area contributed by atoms with Crippen LogP contribution in [0.4, 0.5) is 5.95 Å². The third-order valence-corrected chi connectivity index (χ3v) is 6.02. The van der Waals surface area contributed by atoms with Crippen molar-refractivity contribution in [1.82, 2.24) is 15.0 Å². The van der Waals surface area contributed by atoms with Gasteiger partial charge in [0.2, 0.25) is 5.95 Å². The van der Waals surface area contributed by atoms with Crippen LogP contribution in [0, 0.1) is 6.92 Å². The van der Waals surface area contributed by atoms with Crippen LogP contribution in [0.25, 0.3) is 11.1 Å². The zero-order valence-corrected chi connectivity index (χ0v) is 15.4. The van der Waals surface area contributed by atoms with E-state index in [1.165, 1.54) is 16.7 Å². The molecule has 1 spiro atoms. The Morgan fingerprint density at radius 1 is 1.11 bits per heavy atom. The van der Waals surface area contributed by atoms with Crippen LogP contribution in [-0.4, -0.2) is 15.0 Å². The van der Waals surface area contributed by atoms with E-state index < -0.39 is 0 Å². The van der Waals surface area contributed by atoms with Crippen molar-refractivity contribution in [3.63, 3.8) is 0 Å². The van der Waals surface area contributed by atoms with Crippen LogP contribution < -0.4 is 5.73 Å². The monoisotopic (exact) mass is 354 g/mol. The van der Waals surface area contributed by atoms with Gasteiger partial charge in [0.1, 0.15) is 0 Å². The summed E-state index contributed by atoms with van der Waals surface area (Å²) >= 11 is 0. The summed E-state index contributed by atoms with van der Waals surface area (Å²) < 4.78 is 0. The molecule has 0 amide bonds. The highest BCUT2D eigenvalue weighted by Crippen LogP contribution is 2.52. The summed E-state index contributed by atoms with van der Waals surface area (Å²) in [5, 5.41) is 0. The maximum atomic E-state index is 5.99. The van der Waals surface area contributed by atoms with Gasteiger partial charge in [-0.3, -0.25) is 4.98 Å². The van der Waals surface area contributed by atoms with Crippen molar-refractivity contribution in [2.45, 2.75) is 37.5 Å². The van der Waals surface area contributed by atoms with Crippen molar-refractivity contribution >= 4 is 5.95 Å². The normalized spacial score (nSPS) is 23.1. The third kappa shape index (κ3) is 2.55. The minimum absolute atomic E-state index is 0.0537. The molecule has 2 N–H and O–H groups in total. The summed E-state index contributed by atoms with van der Waals surface area (Å²) in [6.45, 7) is 2.06. The first-order chi connectivity index (χ1) is 13.2. The number of nitrogen functional groups attached to an aromatic ring is 1. The molecule has 2 heterocycles. The highest BCUT2D eigenvalue weighted by molar-refractivity contribution is 5.67. The van der Waals surface area contributed by atoms with Gasteiger partial charge >= 0.3 is 0 Å². The largest absolute Gasteiger partial charge is 0.368 e. The van der Waals surface area contributed by atoms with Gasteiger partial charge in [0.15, 0.2) is 0 Å². The molecule has 2 aliphatic carbocycles. The van der Waals surface area contributed by atoms with Crippen molar-refractivity contribution in [2.24, 2.45) is 0 Å². The number of nitrogens with two attached hydrogens (primary N) is 1. The van der Waals surface area contributed by atoms with Crippen molar-refractivity contribution in [1.29, 1.82) is 0 Å². The van der Waals surface area contributed by atoms with Crippen LogP contribution in [-0.2, 0) is 11.8 Å². The maximum absolute atomic E-state index is 5.99. The molecular formula is C23H22N4. The first-order valence-electron chi connectivity index (χ1n) is 9.47. The number of hydrogen-bond acceptors (Lipinski definition) is 4. The molecule has 1 aromatic carbocycles. The number of aromatic nitrogens is 3. The van der Waals surface area contributed by atoms with Crippen LogP contribution in [0.15, 0.2) is 60.9 Å². The molecule has 4 heteroatoms. The molecule has 3 aromatic rings. The Bertz CT molecular complexity index is 1040. The number of aryl methyl sites for hydroxylation is 1. The number of pyridine rings is 1. The van der Waals surface area contributed by atoms with E-state index in [9.17, 15) is 0 Å². The fourth-order valence-electron chi connectivity index (χ4n) is 4.90. The zero-order chi connectivity index (χ0) is 18.4. The SMILES string of the molecule is Cc1nc(N)nc2c1C1(C=CC1)CC(c1ccccc1-c1cccnc1)C2. The smallest absolute Gasteiger partial charge is 0.220 e. The number of fused-ring (bicyclic) bond motifs is 2. The molecule has 4 nitrogen and oxygen atoms in total. The Morgan fingerprint density at radius 2 is 1.96 bits per heavy atom. The van der Waals surface area contributed by atoms with Crippen molar-refractivity contribution < 1.29 is 0 Å². The molecule has 0 fully saturated rings. The Morgan fingerprint density at radius 3 is 2.70 bits per heavy atom. The first-order valence-corrected chi connectivity index (χ1v) is 9.47. The van der Waals surface area contributed by atoms with E-state index in [0.717, 1.165) is 36.2 Å². The Kier molecular flexibility index (Phi) is 3.61. The summed E-state index contributed by atoms with van der Waals surface area (Å²) in [7, 11) is 0. The van der Waals surface area contributed by atoms with E-state index >= 15 is 0 Å². The van der Waals surface area contributed by atoms with Gasteiger partial charge < -0.3 is 5.73 Å². The van der Waals surface area contributed by atoms with Gasteiger partial charge in [0.25, 0.3) is 0 Å². The van der Waals surface area contributed by atoms with E-state index in [1.54, 1.807) is 0 Å². The molecule has 0 bridgehead atoms. The van der Waals surface area contributed by atoms with E-state index in [2.05, 4.69) is 64.4 Å². The fraction of sp³-hybridized carbons (Fsp3) is 0.261. The maximum Gasteiger partial charge on any atom is 0.220 e. The lowest BCUT2D eigenvalue weighted by atomic mass is 9.59. The molecule has 0 radical (unpaired) electrons. The molecule has 0 aliphatic heterocycles. The second-order valence-corrected chi connectivity index (χ2v) is 7.69. The first kappa shape index (κ1) is 16.2. The number of rotatable bonds is 2. The summed E-state index contributed by atoms with van der Waals surface area (Å²) in [6.07, 6.45) is 11.4. The second-order valence-electron chi connectivity index (χ2n) is 7.69. The Balaban J connectivity index is 1.64. The van der Waals surface area contributed by atoms with Gasteiger partial charge in [-0.05, 0) is 49.3 Å². The molecule has 2 atom stereocenters. The van der Waals surface area contributed by atoms with Gasteiger partial charge in [-0.25, -0.2) is 9.97 Å². The zero-order valence-electron chi connectivity index (χ0n) is 15.4. The third-order valence-electron chi connectivity index (χ3n) is 6.02. The van der Waals surface area contributed by atoms with Gasteiger partial charge in [0, 0.05) is 34.6 Å². The number of anilines is 1. The molecule has 2 aromatic heterocycles. The lowest BCUT2D eigenvalue weighted by Gasteiger charge is -2.44. The highest BCUT2D eigenvalue weighted by Gasteiger charge is 2.44. The summed E-state index contributed by atoms with van der Waals surface area (Å²) in [6, 6.07) is 12.8. The van der Waals surface area contributed by atoms with Crippen LogP contribution in [0.5, 0.6) is 0 Å². The fourth-order valence-corrected chi connectivity index (χ4v) is 4.90. The van der Waals surface area contributed by atoms with Gasteiger partial charge in [-0.1, -0.05) is 42.5 Å².